The topological polar surface area (TPSA) is 61.7 Å². The Balaban J connectivity index is 2.15. The van der Waals surface area contributed by atoms with Crippen molar-refractivity contribution >= 4 is 0 Å². The molecule has 0 aromatic rings. The van der Waals surface area contributed by atoms with Crippen molar-refractivity contribution in [3.8, 4) is 0 Å². The van der Waals surface area contributed by atoms with Crippen molar-refractivity contribution in [2.75, 3.05) is 33.4 Å². The summed E-state index contributed by atoms with van der Waals surface area (Å²) in [6.07, 6.45) is 4.42. The van der Waals surface area contributed by atoms with Gasteiger partial charge in [0.2, 0.25) is 0 Å². The van der Waals surface area contributed by atoms with E-state index in [9.17, 15) is 10.2 Å². The Kier molecular flexibility index (Phi) is 6.96. The van der Waals surface area contributed by atoms with Crippen molar-refractivity contribution in [1.82, 2.24) is 5.32 Å². The van der Waals surface area contributed by atoms with E-state index in [4.69, 9.17) is 4.74 Å². The van der Waals surface area contributed by atoms with Crippen molar-refractivity contribution in [3.63, 3.8) is 0 Å². The van der Waals surface area contributed by atoms with E-state index in [2.05, 4.69) is 5.32 Å². The fraction of sp³-hybridized carbons (Fsp3) is 1.00. The van der Waals surface area contributed by atoms with Gasteiger partial charge in [0, 0.05) is 20.3 Å². The Morgan fingerprint density at radius 1 is 1.31 bits per heavy atom. The number of ether oxygens (including phenoxy) is 1. The van der Waals surface area contributed by atoms with Crippen LogP contribution in [0, 0.1) is 11.8 Å². The maximum absolute atomic E-state index is 9.46. The minimum atomic E-state index is -0.429. The SMILES string of the molecule is COCC(O)CNCC1CCCCC1CO. The molecule has 0 aromatic carbocycles. The maximum atomic E-state index is 9.46. The average molecular weight is 231 g/mol. The van der Waals surface area contributed by atoms with Crippen molar-refractivity contribution in [2.45, 2.75) is 31.8 Å². The van der Waals surface area contributed by atoms with Crippen molar-refractivity contribution in [3.05, 3.63) is 0 Å². The molecule has 0 radical (unpaired) electrons. The molecule has 96 valence electrons. The molecular formula is C12H25NO3. The molecule has 0 heterocycles. The van der Waals surface area contributed by atoms with Crippen LogP contribution in [0.5, 0.6) is 0 Å². The van der Waals surface area contributed by atoms with Gasteiger partial charge in [-0.2, -0.15) is 0 Å². The third-order valence-corrected chi connectivity index (χ3v) is 3.45. The van der Waals surface area contributed by atoms with Crippen molar-refractivity contribution in [1.29, 1.82) is 0 Å². The van der Waals surface area contributed by atoms with E-state index in [1.54, 1.807) is 7.11 Å². The Bertz CT molecular complexity index is 178. The molecule has 4 heteroatoms. The van der Waals surface area contributed by atoms with Crippen LogP contribution in [0.4, 0.5) is 0 Å². The summed E-state index contributed by atoms with van der Waals surface area (Å²) in [5.41, 5.74) is 0. The number of aliphatic hydroxyl groups excluding tert-OH is 2. The molecule has 1 fully saturated rings. The molecular weight excluding hydrogens is 206 g/mol. The highest BCUT2D eigenvalue weighted by Gasteiger charge is 2.23. The first-order valence-electron chi connectivity index (χ1n) is 6.26. The largest absolute Gasteiger partial charge is 0.396 e. The van der Waals surface area contributed by atoms with Gasteiger partial charge in [-0.1, -0.05) is 12.8 Å². The van der Waals surface area contributed by atoms with Crippen LogP contribution >= 0.6 is 0 Å². The molecule has 0 bridgehead atoms. The van der Waals surface area contributed by atoms with Gasteiger partial charge in [0.25, 0.3) is 0 Å². The highest BCUT2D eigenvalue weighted by Crippen LogP contribution is 2.28. The summed E-state index contributed by atoms with van der Waals surface area (Å²) in [5, 5.41) is 22.0. The Morgan fingerprint density at radius 3 is 2.62 bits per heavy atom. The normalized spacial score (nSPS) is 27.9. The second-order valence-corrected chi connectivity index (χ2v) is 4.75. The van der Waals surface area contributed by atoms with Gasteiger partial charge in [0.05, 0.1) is 12.7 Å². The third-order valence-electron chi connectivity index (χ3n) is 3.45. The van der Waals surface area contributed by atoms with Gasteiger partial charge < -0.3 is 20.3 Å². The lowest BCUT2D eigenvalue weighted by atomic mass is 9.79. The second kappa shape index (κ2) is 8.01. The fourth-order valence-corrected chi connectivity index (χ4v) is 2.48. The van der Waals surface area contributed by atoms with Gasteiger partial charge in [-0.3, -0.25) is 0 Å². The van der Waals surface area contributed by atoms with Gasteiger partial charge in [-0.25, -0.2) is 0 Å². The summed E-state index contributed by atoms with van der Waals surface area (Å²) in [5.74, 6) is 1.01. The molecule has 0 saturated heterocycles. The zero-order valence-electron chi connectivity index (χ0n) is 10.2. The van der Waals surface area contributed by atoms with Crippen LogP contribution in [0.2, 0.25) is 0 Å². The molecule has 16 heavy (non-hydrogen) atoms. The van der Waals surface area contributed by atoms with Crippen LogP contribution in [0.25, 0.3) is 0 Å². The number of rotatable bonds is 7. The van der Waals surface area contributed by atoms with Crippen LogP contribution in [0.3, 0.4) is 0 Å². The van der Waals surface area contributed by atoms with Gasteiger partial charge in [-0.05, 0) is 31.2 Å². The molecule has 1 saturated carbocycles. The zero-order valence-corrected chi connectivity index (χ0v) is 10.2. The molecule has 3 unspecified atom stereocenters. The monoisotopic (exact) mass is 231 g/mol. The Hall–Kier alpha value is -0.160. The predicted molar refractivity (Wildman–Crippen MR) is 63.3 cm³/mol. The van der Waals surface area contributed by atoms with E-state index in [0.717, 1.165) is 13.0 Å². The summed E-state index contributed by atoms with van der Waals surface area (Å²) < 4.78 is 4.86. The van der Waals surface area contributed by atoms with Crippen LogP contribution in [-0.4, -0.2) is 49.7 Å². The quantitative estimate of drug-likeness (QED) is 0.593. The van der Waals surface area contributed by atoms with E-state index < -0.39 is 6.10 Å². The molecule has 1 rings (SSSR count). The first-order valence-corrected chi connectivity index (χ1v) is 6.26. The number of hydrogen-bond acceptors (Lipinski definition) is 4. The second-order valence-electron chi connectivity index (χ2n) is 4.75. The fourth-order valence-electron chi connectivity index (χ4n) is 2.48. The first-order chi connectivity index (χ1) is 7.77. The summed E-state index contributed by atoms with van der Waals surface area (Å²) in [7, 11) is 1.59. The zero-order chi connectivity index (χ0) is 11.8. The molecule has 4 nitrogen and oxygen atoms in total. The summed E-state index contributed by atoms with van der Waals surface area (Å²) in [6.45, 7) is 2.14. The number of hydrogen-bond donors (Lipinski definition) is 3. The number of nitrogens with one attached hydrogen (secondary N) is 1. The van der Waals surface area contributed by atoms with Gasteiger partial charge in [-0.15, -0.1) is 0 Å². The average Bonchev–Trinajstić information content (AvgIpc) is 2.30. The molecule has 1 aliphatic carbocycles. The minimum absolute atomic E-state index is 0.299. The molecule has 0 aliphatic heterocycles. The van der Waals surface area contributed by atoms with Crippen LogP contribution in [0.1, 0.15) is 25.7 Å². The number of aliphatic hydroxyl groups is 2. The van der Waals surface area contributed by atoms with E-state index in [1.165, 1.54) is 19.3 Å². The lowest BCUT2D eigenvalue weighted by molar-refractivity contribution is 0.0615. The smallest absolute Gasteiger partial charge is 0.0897 e. The van der Waals surface area contributed by atoms with Crippen molar-refractivity contribution in [2.24, 2.45) is 11.8 Å². The maximum Gasteiger partial charge on any atom is 0.0897 e. The molecule has 0 amide bonds. The highest BCUT2D eigenvalue weighted by atomic mass is 16.5. The van der Waals surface area contributed by atoms with Gasteiger partial charge in [0.1, 0.15) is 0 Å². The van der Waals surface area contributed by atoms with Gasteiger partial charge in [0.15, 0.2) is 0 Å². The van der Waals surface area contributed by atoms with E-state index >= 15 is 0 Å². The standard InChI is InChI=1S/C12H25NO3/c1-16-9-12(15)7-13-6-10-4-2-3-5-11(10)8-14/h10-15H,2-9H2,1H3. The minimum Gasteiger partial charge on any atom is -0.396 e. The molecule has 1 aliphatic rings. The van der Waals surface area contributed by atoms with E-state index in [-0.39, 0.29) is 0 Å². The predicted octanol–water partition coefficient (Wildman–Crippen LogP) is 0.382. The summed E-state index contributed by atoms with van der Waals surface area (Å²) >= 11 is 0. The molecule has 0 aromatic heterocycles. The Morgan fingerprint density at radius 2 is 2.00 bits per heavy atom. The number of methoxy groups -OCH3 is 1. The molecule has 0 spiro atoms. The lowest BCUT2D eigenvalue weighted by Crippen LogP contribution is -2.37. The van der Waals surface area contributed by atoms with Crippen LogP contribution < -0.4 is 5.32 Å². The molecule has 3 N–H and O–H groups in total. The van der Waals surface area contributed by atoms with Crippen LogP contribution in [-0.2, 0) is 4.74 Å². The summed E-state index contributed by atoms with van der Waals surface area (Å²) in [6, 6.07) is 0. The molecule has 3 atom stereocenters. The van der Waals surface area contributed by atoms with E-state index in [1.807, 2.05) is 0 Å². The highest BCUT2D eigenvalue weighted by molar-refractivity contribution is 4.77. The first kappa shape index (κ1) is 13.9. The summed E-state index contributed by atoms with van der Waals surface area (Å²) in [4.78, 5) is 0. The van der Waals surface area contributed by atoms with E-state index in [0.29, 0.717) is 31.6 Å². The third kappa shape index (κ3) is 4.78. The lowest BCUT2D eigenvalue weighted by Gasteiger charge is -2.30. The Labute approximate surface area is 98.0 Å². The van der Waals surface area contributed by atoms with Gasteiger partial charge >= 0.3 is 0 Å². The van der Waals surface area contributed by atoms with Crippen molar-refractivity contribution < 1.29 is 14.9 Å². The van der Waals surface area contributed by atoms with Crippen LogP contribution in [0.15, 0.2) is 0 Å².